The van der Waals surface area contributed by atoms with Gasteiger partial charge in [-0.3, -0.25) is 19.2 Å². The molecule has 1 aliphatic rings. The Hall–Kier alpha value is -2.16. The SMILES string of the molecule is CCCCCCCCC(CCCCCC)COC(=O)CCCCCC(=O)OCC1(COC(=O)CCCCCC(=O)OCC(CCCCCC)CCCCCCCC)CCNCC1. The van der Waals surface area contributed by atoms with Gasteiger partial charge in [0.15, 0.2) is 0 Å². The highest BCUT2D eigenvalue weighted by Crippen LogP contribution is 2.30. The number of hydrogen-bond donors (Lipinski definition) is 1. The van der Waals surface area contributed by atoms with Gasteiger partial charge < -0.3 is 24.3 Å². The molecule has 9 heteroatoms. The molecule has 0 spiro atoms. The van der Waals surface area contributed by atoms with Crippen LogP contribution in [-0.2, 0) is 38.1 Å². The molecule has 0 aromatic heterocycles. The summed E-state index contributed by atoms with van der Waals surface area (Å²) in [5.41, 5.74) is -0.379. The van der Waals surface area contributed by atoms with Crippen LogP contribution in [0.1, 0.15) is 259 Å². The van der Waals surface area contributed by atoms with Crippen molar-refractivity contribution >= 4 is 23.9 Å². The van der Waals surface area contributed by atoms with Crippen LogP contribution in [0.5, 0.6) is 0 Å². The van der Waals surface area contributed by atoms with E-state index < -0.39 is 0 Å². The van der Waals surface area contributed by atoms with E-state index in [2.05, 4.69) is 33.0 Å². The molecule has 0 amide bonds. The minimum absolute atomic E-state index is 0.123. The summed E-state index contributed by atoms with van der Waals surface area (Å²) in [6.45, 7) is 12.1. The van der Waals surface area contributed by atoms with E-state index in [-0.39, 0.29) is 42.5 Å². The fraction of sp³-hybridized carbons (Fsp3) is 0.925. The highest BCUT2D eigenvalue weighted by Gasteiger charge is 2.35. The normalized spacial score (nSPS) is 14.6. The molecule has 1 rings (SSSR count). The molecule has 0 saturated carbocycles. The Bertz CT molecular complexity index is 1000. The summed E-state index contributed by atoms with van der Waals surface area (Å²) in [6, 6.07) is 0. The summed E-state index contributed by atoms with van der Waals surface area (Å²) in [5.74, 6) is 0.200. The van der Waals surface area contributed by atoms with E-state index in [1.165, 1.54) is 128 Å². The molecule has 9 nitrogen and oxygen atoms in total. The summed E-state index contributed by atoms with van der Waals surface area (Å²) < 4.78 is 23.0. The second-order valence-electron chi connectivity index (χ2n) is 19.1. The van der Waals surface area contributed by atoms with Gasteiger partial charge in [-0.05, 0) is 89.1 Å². The van der Waals surface area contributed by atoms with Crippen LogP contribution in [0.2, 0.25) is 0 Å². The topological polar surface area (TPSA) is 117 Å². The largest absolute Gasteiger partial charge is 0.465 e. The second-order valence-corrected chi connectivity index (χ2v) is 19.1. The van der Waals surface area contributed by atoms with E-state index in [4.69, 9.17) is 18.9 Å². The minimum atomic E-state index is -0.379. The fourth-order valence-corrected chi connectivity index (χ4v) is 8.66. The third-order valence-corrected chi connectivity index (χ3v) is 13.1. The lowest BCUT2D eigenvalue weighted by molar-refractivity contribution is -0.155. The molecule has 1 saturated heterocycles. The van der Waals surface area contributed by atoms with Crippen LogP contribution in [0.15, 0.2) is 0 Å². The number of hydrogen-bond acceptors (Lipinski definition) is 9. The summed E-state index contributed by atoms with van der Waals surface area (Å²) in [5, 5.41) is 3.36. The van der Waals surface area contributed by atoms with Crippen molar-refractivity contribution in [1.82, 2.24) is 5.32 Å². The Morgan fingerprint density at radius 3 is 1.00 bits per heavy atom. The summed E-state index contributed by atoms with van der Waals surface area (Å²) in [7, 11) is 0. The monoisotopic (exact) mass is 878 g/mol. The molecular weight excluding hydrogens is 779 g/mol. The standard InChI is InChI=1S/C53H99NO8/c1-5-9-13-17-19-25-33-47(31-23-15-11-7-3)43-59-49(55)35-27-21-29-37-51(57)61-45-53(39-41-54-42-40-53)46-62-52(58)38-30-22-28-36-50(56)60-44-48(32-24-16-12-8-4)34-26-20-18-14-10-6-2/h47-48,54H,5-46H2,1-4H3. The van der Waals surface area contributed by atoms with Gasteiger partial charge in [0.25, 0.3) is 0 Å². The average Bonchev–Trinajstić information content (AvgIpc) is 3.28. The van der Waals surface area contributed by atoms with Gasteiger partial charge in [0.1, 0.15) is 13.2 Å². The highest BCUT2D eigenvalue weighted by molar-refractivity contribution is 5.70. The summed E-state index contributed by atoms with van der Waals surface area (Å²) in [6.07, 6.45) is 37.2. The van der Waals surface area contributed by atoms with Crippen molar-refractivity contribution in [3.05, 3.63) is 0 Å². The molecule has 1 aliphatic heterocycles. The third kappa shape index (κ3) is 34.3. The lowest BCUT2D eigenvalue weighted by Gasteiger charge is -2.36. The lowest BCUT2D eigenvalue weighted by Crippen LogP contribution is -2.43. The maximum Gasteiger partial charge on any atom is 0.305 e. The number of piperidine rings is 1. The van der Waals surface area contributed by atoms with Crippen LogP contribution < -0.4 is 5.32 Å². The van der Waals surface area contributed by atoms with Gasteiger partial charge in [0.05, 0.1) is 13.2 Å². The number of rotatable bonds is 44. The molecule has 0 bridgehead atoms. The molecule has 2 unspecified atom stereocenters. The van der Waals surface area contributed by atoms with Gasteiger partial charge in [-0.15, -0.1) is 0 Å². The maximum atomic E-state index is 12.7. The van der Waals surface area contributed by atoms with E-state index in [0.717, 1.165) is 64.5 Å². The molecule has 0 radical (unpaired) electrons. The van der Waals surface area contributed by atoms with Crippen molar-refractivity contribution in [3.8, 4) is 0 Å². The molecule has 62 heavy (non-hydrogen) atoms. The Kier molecular flexibility index (Phi) is 38.8. The van der Waals surface area contributed by atoms with Gasteiger partial charge in [0.2, 0.25) is 0 Å². The number of nitrogens with one attached hydrogen (secondary N) is 1. The zero-order valence-electron chi connectivity index (χ0n) is 41.1. The van der Waals surface area contributed by atoms with Gasteiger partial charge in [0, 0.05) is 31.1 Å². The summed E-state index contributed by atoms with van der Waals surface area (Å²) >= 11 is 0. The van der Waals surface area contributed by atoms with Crippen molar-refractivity contribution < 1.29 is 38.1 Å². The van der Waals surface area contributed by atoms with Crippen molar-refractivity contribution in [3.63, 3.8) is 0 Å². The van der Waals surface area contributed by atoms with Crippen LogP contribution in [-0.4, -0.2) is 63.4 Å². The van der Waals surface area contributed by atoms with E-state index in [0.29, 0.717) is 76.4 Å². The summed E-state index contributed by atoms with van der Waals surface area (Å²) in [4.78, 5) is 50.6. The van der Waals surface area contributed by atoms with Crippen molar-refractivity contribution in [1.29, 1.82) is 0 Å². The number of carbonyl (C=O) groups excluding carboxylic acids is 4. The smallest absolute Gasteiger partial charge is 0.305 e. The first-order valence-electron chi connectivity index (χ1n) is 26.6. The predicted molar refractivity (Wildman–Crippen MR) is 255 cm³/mol. The van der Waals surface area contributed by atoms with E-state index in [1.54, 1.807) is 0 Å². The second kappa shape index (κ2) is 41.5. The lowest BCUT2D eigenvalue weighted by atomic mass is 9.80. The third-order valence-electron chi connectivity index (χ3n) is 13.1. The first kappa shape index (κ1) is 57.9. The van der Waals surface area contributed by atoms with E-state index in [9.17, 15) is 19.2 Å². The van der Waals surface area contributed by atoms with Crippen molar-refractivity contribution in [2.75, 3.05) is 39.5 Å². The average molecular weight is 878 g/mol. The van der Waals surface area contributed by atoms with Gasteiger partial charge >= 0.3 is 23.9 Å². The van der Waals surface area contributed by atoms with Crippen LogP contribution in [0.25, 0.3) is 0 Å². The molecule has 1 N–H and O–H groups in total. The Morgan fingerprint density at radius 2 is 0.661 bits per heavy atom. The van der Waals surface area contributed by atoms with E-state index in [1.807, 2.05) is 0 Å². The number of esters is 4. The van der Waals surface area contributed by atoms with Crippen LogP contribution in [0.4, 0.5) is 0 Å². The molecule has 1 fully saturated rings. The molecule has 364 valence electrons. The number of unbranched alkanes of at least 4 members (excludes halogenated alkanes) is 20. The first-order chi connectivity index (χ1) is 30.3. The molecule has 0 aromatic rings. The first-order valence-corrected chi connectivity index (χ1v) is 26.6. The van der Waals surface area contributed by atoms with Gasteiger partial charge in [-0.1, -0.05) is 169 Å². The molecular formula is C53H99NO8. The number of carbonyl (C=O) groups is 4. The van der Waals surface area contributed by atoms with Crippen LogP contribution >= 0.6 is 0 Å². The fourth-order valence-electron chi connectivity index (χ4n) is 8.66. The molecule has 0 aromatic carbocycles. The van der Waals surface area contributed by atoms with Crippen LogP contribution in [0.3, 0.4) is 0 Å². The molecule has 1 heterocycles. The maximum absolute atomic E-state index is 12.7. The molecule has 0 aliphatic carbocycles. The van der Waals surface area contributed by atoms with Crippen molar-refractivity contribution in [2.45, 2.75) is 259 Å². The molecule has 2 atom stereocenters. The predicted octanol–water partition coefficient (Wildman–Crippen LogP) is 14.1. The Morgan fingerprint density at radius 1 is 0.387 bits per heavy atom. The zero-order valence-corrected chi connectivity index (χ0v) is 41.1. The Labute approximate surface area is 381 Å². The quantitative estimate of drug-likeness (QED) is 0.0363. The Balaban J connectivity index is 2.29. The van der Waals surface area contributed by atoms with Crippen LogP contribution in [0, 0.1) is 17.3 Å². The minimum Gasteiger partial charge on any atom is -0.465 e. The zero-order chi connectivity index (χ0) is 45.2. The van der Waals surface area contributed by atoms with Crippen molar-refractivity contribution in [2.24, 2.45) is 17.3 Å². The van der Waals surface area contributed by atoms with Gasteiger partial charge in [-0.25, -0.2) is 0 Å². The number of ether oxygens (including phenoxy) is 4. The highest BCUT2D eigenvalue weighted by atomic mass is 16.6. The van der Waals surface area contributed by atoms with Gasteiger partial charge in [-0.2, -0.15) is 0 Å². The van der Waals surface area contributed by atoms with E-state index >= 15 is 0 Å².